The number of amides is 1. The van der Waals surface area contributed by atoms with Gasteiger partial charge in [0.05, 0.1) is 0 Å². The van der Waals surface area contributed by atoms with Gasteiger partial charge in [-0.1, -0.05) is 37.3 Å². The molecule has 0 saturated carbocycles. The van der Waals surface area contributed by atoms with E-state index in [9.17, 15) is 4.79 Å². The van der Waals surface area contributed by atoms with Gasteiger partial charge in [0.1, 0.15) is 0 Å². The van der Waals surface area contributed by atoms with Crippen LogP contribution in [0.2, 0.25) is 0 Å². The highest BCUT2D eigenvalue weighted by atomic mass is 16.1. The van der Waals surface area contributed by atoms with E-state index in [2.05, 4.69) is 82.1 Å². The number of hydrogen-bond donors (Lipinski definition) is 1. The first-order valence-electron chi connectivity index (χ1n) is 13.6. The molecule has 1 aliphatic heterocycles. The van der Waals surface area contributed by atoms with E-state index in [0.29, 0.717) is 6.54 Å². The van der Waals surface area contributed by atoms with E-state index in [4.69, 9.17) is 0 Å². The number of nitrogens with zero attached hydrogens (tertiary/aromatic N) is 3. The number of hydrogen-bond acceptors (Lipinski definition) is 3. The molecule has 0 spiro atoms. The van der Waals surface area contributed by atoms with Crippen LogP contribution in [0.15, 0.2) is 60.7 Å². The Hall–Kier alpha value is -2.89. The summed E-state index contributed by atoms with van der Waals surface area (Å²) < 4.78 is 2.38. The van der Waals surface area contributed by atoms with Crippen LogP contribution in [0.25, 0.3) is 5.69 Å². The highest BCUT2D eigenvalue weighted by Crippen LogP contribution is 2.30. The number of carbonyl (C=O) groups is 1. The molecule has 0 bridgehead atoms. The molecule has 1 amide bonds. The molecule has 1 aliphatic carbocycles. The molecule has 0 radical (unpaired) electrons. The summed E-state index contributed by atoms with van der Waals surface area (Å²) in [4.78, 5) is 17.8. The molecule has 1 aromatic heterocycles. The monoisotopic (exact) mass is 484 g/mol. The van der Waals surface area contributed by atoms with Crippen molar-refractivity contribution in [2.75, 3.05) is 39.3 Å². The Morgan fingerprint density at radius 1 is 0.972 bits per heavy atom. The van der Waals surface area contributed by atoms with Crippen LogP contribution < -0.4 is 5.32 Å². The Morgan fingerprint density at radius 2 is 1.69 bits per heavy atom. The van der Waals surface area contributed by atoms with Gasteiger partial charge in [-0.2, -0.15) is 0 Å². The molecule has 2 aliphatic rings. The van der Waals surface area contributed by atoms with Crippen LogP contribution >= 0.6 is 0 Å². The highest BCUT2D eigenvalue weighted by Gasteiger charge is 2.21. The second kappa shape index (κ2) is 11.4. The third kappa shape index (κ3) is 5.91. The average Bonchev–Trinajstić information content (AvgIpc) is 3.22. The summed E-state index contributed by atoms with van der Waals surface area (Å²) in [6.45, 7) is 11.7. The van der Waals surface area contributed by atoms with Gasteiger partial charge >= 0.3 is 0 Å². The minimum absolute atomic E-state index is 0.0225. The number of aryl methyl sites for hydroxylation is 1. The number of aromatic nitrogens is 1. The predicted octanol–water partition coefficient (Wildman–Crippen LogP) is 4.85. The summed E-state index contributed by atoms with van der Waals surface area (Å²) in [5.41, 5.74) is 7.51. The summed E-state index contributed by atoms with van der Waals surface area (Å²) in [6, 6.07) is 21.2. The second-order valence-electron chi connectivity index (χ2n) is 10.7. The molecule has 1 saturated heterocycles. The first-order chi connectivity index (χ1) is 17.6. The van der Waals surface area contributed by atoms with E-state index in [1.165, 1.54) is 35.4 Å². The molecule has 1 N–H and O–H groups in total. The van der Waals surface area contributed by atoms with Crippen molar-refractivity contribution in [1.82, 2.24) is 19.7 Å². The van der Waals surface area contributed by atoms with E-state index >= 15 is 0 Å². The lowest BCUT2D eigenvalue weighted by Crippen LogP contribution is -2.46. The number of nitrogens with one attached hydrogen (secondary N) is 1. The summed E-state index contributed by atoms with van der Waals surface area (Å²) in [5, 5.41) is 3.12. The standard InChI is InChI=1S/C31H40N4O/c1-24-9-14-30-28(21-24)22-25(2)35(30)29-12-10-27(11-13-29)31(36)32-15-6-16-33-17-19-34(20-18-33)23-26-7-4-3-5-8-26/h3-5,7-8,10-13,22,24H,6,9,14-21,23H2,1-2H3,(H,32,36)/t24-/m1/s1. The van der Waals surface area contributed by atoms with E-state index in [0.717, 1.165) is 69.3 Å². The molecule has 5 nitrogen and oxygen atoms in total. The number of piperazine rings is 1. The fourth-order valence-electron chi connectivity index (χ4n) is 5.81. The van der Waals surface area contributed by atoms with Crippen LogP contribution in [-0.4, -0.2) is 59.5 Å². The molecule has 5 heteroatoms. The number of benzene rings is 2. The molecule has 1 fully saturated rings. The molecule has 1 atom stereocenters. The maximum absolute atomic E-state index is 12.7. The van der Waals surface area contributed by atoms with Gasteiger partial charge in [-0.15, -0.1) is 0 Å². The number of rotatable bonds is 8. The maximum atomic E-state index is 12.7. The Bertz CT molecular complexity index is 1140. The first-order valence-corrected chi connectivity index (χ1v) is 13.6. The third-order valence-corrected chi connectivity index (χ3v) is 7.86. The summed E-state index contributed by atoms with van der Waals surface area (Å²) in [7, 11) is 0. The van der Waals surface area contributed by atoms with Crippen LogP contribution in [0.4, 0.5) is 0 Å². The Morgan fingerprint density at radius 3 is 2.44 bits per heavy atom. The van der Waals surface area contributed by atoms with Crippen LogP contribution in [0.3, 0.4) is 0 Å². The van der Waals surface area contributed by atoms with Crippen molar-refractivity contribution in [3.8, 4) is 5.69 Å². The minimum atomic E-state index is 0.0225. The van der Waals surface area contributed by atoms with Gasteiger partial charge in [-0.05, 0) is 86.5 Å². The molecular weight excluding hydrogens is 444 g/mol. The molecule has 3 aromatic rings. The van der Waals surface area contributed by atoms with Crippen LogP contribution in [-0.2, 0) is 19.4 Å². The van der Waals surface area contributed by atoms with Crippen molar-refractivity contribution >= 4 is 5.91 Å². The SMILES string of the molecule is Cc1cc2c(n1-c1ccc(C(=O)NCCCN3CCN(Cc4ccccc4)CC3)cc1)CC[C@@H](C)C2. The average molecular weight is 485 g/mol. The van der Waals surface area contributed by atoms with Crippen molar-refractivity contribution in [3.63, 3.8) is 0 Å². The lowest BCUT2D eigenvalue weighted by Gasteiger charge is -2.34. The topological polar surface area (TPSA) is 40.5 Å². The fourth-order valence-corrected chi connectivity index (χ4v) is 5.81. The van der Waals surface area contributed by atoms with E-state index < -0.39 is 0 Å². The highest BCUT2D eigenvalue weighted by molar-refractivity contribution is 5.94. The van der Waals surface area contributed by atoms with Crippen LogP contribution in [0.5, 0.6) is 0 Å². The minimum Gasteiger partial charge on any atom is -0.352 e. The second-order valence-corrected chi connectivity index (χ2v) is 10.7. The Labute approximate surface area is 216 Å². The largest absolute Gasteiger partial charge is 0.352 e. The van der Waals surface area contributed by atoms with Crippen molar-refractivity contribution in [3.05, 3.63) is 88.7 Å². The molecule has 0 unspecified atom stereocenters. The van der Waals surface area contributed by atoms with Gasteiger partial charge in [0.2, 0.25) is 0 Å². The van der Waals surface area contributed by atoms with Gasteiger partial charge in [0.15, 0.2) is 0 Å². The molecule has 5 rings (SSSR count). The summed E-state index contributed by atoms with van der Waals surface area (Å²) >= 11 is 0. The van der Waals surface area contributed by atoms with Crippen LogP contribution in [0, 0.1) is 12.8 Å². The molecular formula is C31H40N4O. The van der Waals surface area contributed by atoms with E-state index in [1.54, 1.807) is 0 Å². The van der Waals surface area contributed by atoms with Gasteiger partial charge < -0.3 is 14.8 Å². The maximum Gasteiger partial charge on any atom is 0.251 e. The van der Waals surface area contributed by atoms with Crippen molar-refractivity contribution in [2.45, 2.75) is 46.1 Å². The lowest BCUT2D eigenvalue weighted by atomic mass is 9.89. The summed E-state index contributed by atoms with van der Waals surface area (Å²) in [6.07, 6.45) is 4.54. The fraction of sp³-hybridized carbons (Fsp3) is 0.452. The molecule has 2 aromatic carbocycles. The smallest absolute Gasteiger partial charge is 0.251 e. The first kappa shape index (κ1) is 24.8. The molecule has 36 heavy (non-hydrogen) atoms. The van der Waals surface area contributed by atoms with Crippen molar-refractivity contribution < 1.29 is 4.79 Å². The Kier molecular flexibility index (Phi) is 7.88. The van der Waals surface area contributed by atoms with Gasteiger partial charge in [0, 0.05) is 61.9 Å². The molecule has 2 heterocycles. The van der Waals surface area contributed by atoms with Crippen molar-refractivity contribution in [1.29, 1.82) is 0 Å². The van der Waals surface area contributed by atoms with Crippen molar-refractivity contribution in [2.24, 2.45) is 5.92 Å². The molecule has 190 valence electrons. The van der Waals surface area contributed by atoms with Crippen LogP contribution in [0.1, 0.15) is 52.6 Å². The van der Waals surface area contributed by atoms with Gasteiger partial charge in [-0.25, -0.2) is 0 Å². The van der Waals surface area contributed by atoms with Gasteiger partial charge in [-0.3, -0.25) is 9.69 Å². The summed E-state index contributed by atoms with van der Waals surface area (Å²) in [5.74, 6) is 0.789. The lowest BCUT2D eigenvalue weighted by molar-refractivity contribution is 0.0947. The third-order valence-electron chi connectivity index (χ3n) is 7.86. The predicted molar refractivity (Wildman–Crippen MR) is 147 cm³/mol. The normalized spacial score (nSPS) is 18.7. The van der Waals surface area contributed by atoms with E-state index in [1.807, 2.05) is 12.1 Å². The zero-order valence-electron chi connectivity index (χ0n) is 21.9. The zero-order chi connectivity index (χ0) is 24.9. The quantitative estimate of drug-likeness (QED) is 0.465. The number of carbonyl (C=O) groups excluding carboxylic acids is 1. The van der Waals surface area contributed by atoms with E-state index in [-0.39, 0.29) is 5.91 Å². The zero-order valence-corrected chi connectivity index (χ0v) is 21.9. The number of fused-ring (bicyclic) bond motifs is 1. The Balaban J connectivity index is 1.05. The van der Waals surface area contributed by atoms with Gasteiger partial charge in [0.25, 0.3) is 5.91 Å².